The van der Waals surface area contributed by atoms with Gasteiger partial charge in [0.2, 0.25) is 11.8 Å². The van der Waals surface area contributed by atoms with Crippen molar-refractivity contribution in [2.24, 2.45) is 5.92 Å². The molecule has 0 radical (unpaired) electrons. The van der Waals surface area contributed by atoms with E-state index in [2.05, 4.69) is 39.9 Å². The van der Waals surface area contributed by atoms with E-state index in [-0.39, 0.29) is 43.0 Å². The summed E-state index contributed by atoms with van der Waals surface area (Å²) < 4.78 is 11.0. The Balaban J connectivity index is 1.45. The van der Waals surface area contributed by atoms with E-state index in [9.17, 15) is 9.90 Å². The van der Waals surface area contributed by atoms with Crippen LogP contribution in [0.4, 0.5) is 16.6 Å². The van der Waals surface area contributed by atoms with Gasteiger partial charge in [0.05, 0.1) is 26.5 Å². The number of hydrogen-bond donors (Lipinski definition) is 4. The van der Waals surface area contributed by atoms with Crippen LogP contribution in [0.3, 0.4) is 0 Å². The molecular weight excluding hydrogens is 438 g/mol. The van der Waals surface area contributed by atoms with Gasteiger partial charge in [0.25, 0.3) is 0 Å². The smallest absolute Gasteiger partial charge is 0.410 e. The third-order valence-corrected chi connectivity index (χ3v) is 6.99. The highest BCUT2D eigenvalue weighted by Crippen LogP contribution is 2.37. The van der Waals surface area contributed by atoms with Crippen molar-refractivity contribution in [3.63, 3.8) is 0 Å². The van der Waals surface area contributed by atoms with Crippen LogP contribution >= 0.6 is 0 Å². The minimum absolute atomic E-state index is 0.000185. The molecule has 0 spiro atoms. The molecule has 4 N–H and O–H groups in total. The highest BCUT2D eigenvalue weighted by atomic mass is 16.6. The lowest BCUT2D eigenvalue weighted by molar-refractivity contribution is 0.0132. The fourth-order valence-electron chi connectivity index (χ4n) is 5.21. The quantitative estimate of drug-likeness (QED) is 0.440. The van der Waals surface area contributed by atoms with E-state index in [1.165, 1.54) is 0 Å². The number of ether oxygens (including phenoxy) is 2. The standard InChI is InChI=1S/C23H39N7O4/c1-14(2)13-34-23(32)30-16-6-5-7-17(30)10-18(9-16)29(3)22-25-19(11-21(26-22)33-4)24-20-8-15(12-31)27-28-20/h11,14-18,20,27-28,31H,5-10,12-13H2,1-4H3,(H,24,25,26)/t15?,16-,17+,18?,20?. The predicted octanol–water partition coefficient (Wildman–Crippen LogP) is 1.70. The number of hydrazine groups is 1. The number of methoxy groups -OCH3 is 1. The second kappa shape index (κ2) is 10.9. The van der Waals surface area contributed by atoms with Gasteiger partial charge in [-0.1, -0.05) is 13.8 Å². The summed E-state index contributed by atoms with van der Waals surface area (Å²) in [6.07, 6.45) is 5.34. The minimum atomic E-state index is -0.174. The molecule has 11 heteroatoms. The number of rotatable bonds is 8. The molecule has 34 heavy (non-hydrogen) atoms. The maximum atomic E-state index is 12.8. The number of aromatic nitrogens is 2. The van der Waals surface area contributed by atoms with Gasteiger partial charge in [0, 0.05) is 43.7 Å². The summed E-state index contributed by atoms with van der Waals surface area (Å²) in [7, 11) is 3.61. The Bertz CT molecular complexity index is 828. The first-order chi connectivity index (χ1) is 16.4. The van der Waals surface area contributed by atoms with Crippen molar-refractivity contribution in [2.45, 2.75) is 82.7 Å². The lowest BCUT2D eigenvalue weighted by Crippen LogP contribution is -2.58. The zero-order valence-electron chi connectivity index (χ0n) is 20.7. The molecule has 11 nitrogen and oxygen atoms in total. The van der Waals surface area contributed by atoms with Crippen LogP contribution in [-0.4, -0.2) is 83.8 Å². The number of nitrogens with zero attached hydrogens (tertiary/aromatic N) is 4. The van der Waals surface area contributed by atoms with Crippen molar-refractivity contribution in [2.75, 3.05) is 37.6 Å². The zero-order chi connectivity index (χ0) is 24.2. The number of aliphatic hydroxyl groups excluding tert-OH is 1. The lowest BCUT2D eigenvalue weighted by atomic mass is 9.81. The minimum Gasteiger partial charge on any atom is -0.481 e. The van der Waals surface area contributed by atoms with E-state index in [1.807, 2.05) is 11.9 Å². The first kappa shape index (κ1) is 24.7. The number of nitrogens with one attached hydrogen (secondary N) is 3. The van der Waals surface area contributed by atoms with E-state index in [0.29, 0.717) is 30.2 Å². The highest BCUT2D eigenvalue weighted by Gasteiger charge is 2.43. The summed E-state index contributed by atoms with van der Waals surface area (Å²) in [5.41, 5.74) is 6.18. The molecule has 3 fully saturated rings. The average molecular weight is 478 g/mol. The van der Waals surface area contributed by atoms with Crippen LogP contribution in [0.25, 0.3) is 0 Å². The van der Waals surface area contributed by atoms with E-state index in [1.54, 1.807) is 13.2 Å². The zero-order valence-corrected chi connectivity index (χ0v) is 20.7. The van der Waals surface area contributed by atoms with Crippen molar-refractivity contribution in [3.05, 3.63) is 6.07 Å². The van der Waals surface area contributed by atoms with E-state index >= 15 is 0 Å². The van der Waals surface area contributed by atoms with Crippen LogP contribution in [0, 0.1) is 5.92 Å². The van der Waals surface area contributed by atoms with Gasteiger partial charge in [-0.2, -0.15) is 9.97 Å². The van der Waals surface area contributed by atoms with Gasteiger partial charge in [-0.3, -0.25) is 5.43 Å². The summed E-state index contributed by atoms with van der Waals surface area (Å²) in [5.74, 6) is 2.05. The first-order valence-electron chi connectivity index (χ1n) is 12.4. The van der Waals surface area contributed by atoms with Crippen LogP contribution in [0.5, 0.6) is 5.88 Å². The van der Waals surface area contributed by atoms with Crippen molar-refractivity contribution < 1.29 is 19.4 Å². The fraction of sp³-hybridized carbons (Fsp3) is 0.783. The summed E-state index contributed by atoms with van der Waals surface area (Å²) in [5, 5.41) is 12.7. The van der Waals surface area contributed by atoms with Crippen LogP contribution < -0.4 is 25.8 Å². The van der Waals surface area contributed by atoms with Gasteiger partial charge in [-0.15, -0.1) is 0 Å². The largest absolute Gasteiger partial charge is 0.481 e. The summed E-state index contributed by atoms with van der Waals surface area (Å²) in [6, 6.07) is 2.33. The molecule has 1 aromatic heterocycles. The molecule has 1 amide bonds. The molecule has 3 saturated heterocycles. The normalized spacial score (nSPS) is 28.6. The third-order valence-electron chi connectivity index (χ3n) is 6.99. The van der Waals surface area contributed by atoms with Crippen LogP contribution in [-0.2, 0) is 4.74 Å². The van der Waals surface area contributed by atoms with E-state index < -0.39 is 0 Å². The third kappa shape index (κ3) is 5.64. The molecule has 0 aliphatic carbocycles. The molecule has 0 saturated carbocycles. The molecule has 3 aliphatic heterocycles. The Morgan fingerprint density at radius 3 is 2.62 bits per heavy atom. The van der Waals surface area contributed by atoms with Gasteiger partial charge >= 0.3 is 6.09 Å². The Labute approximate surface area is 201 Å². The van der Waals surface area contributed by atoms with Gasteiger partial charge in [-0.05, 0) is 38.0 Å². The van der Waals surface area contributed by atoms with Gasteiger partial charge in [0.15, 0.2) is 0 Å². The Kier molecular flexibility index (Phi) is 7.95. The molecule has 3 aliphatic rings. The Morgan fingerprint density at radius 1 is 1.26 bits per heavy atom. The van der Waals surface area contributed by atoms with Gasteiger partial charge in [-0.25, -0.2) is 10.2 Å². The molecule has 3 unspecified atom stereocenters. The number of amides is 1. The number of aliphatic hydroxyl groups is 1. The molecule has 4 rings (SSSR count). The number of hydrogen-bond acceptors (Lipinski definition) is 10. The van der Waals surface area contributed by atoms with Crippen molar-refractivity contribution in [1.29, 1.82) is 0 Å². The molecular formula is C23H39N7O4. The predicted molar refractivity (Wildman–Crippen MR) is 129 cm³/mol. The molecule has 0 aromatic carbocycles. The molecule has 2 bridgehead atoms. The molecule has 190 valence electrons. The average Bonchev–Trinajstić information content (AvgIpc) is 3.28. The maximum absolute atomic E-state index is 12.8. The van der Waals surface area contributed by atoms with Gasteiger partial charge in [0.1, 0.15) is 5.82 Å². The molecule has 1 aromatic rings. The number of carbonyl (C=O) groups is 1. The number of carbonyl (C=O) groups excluding carboxylic acids is 1. The topological polar surface area (TPSA) is 124 Å². The second-order valence-electron chi connectivity index (χ2n) is 10.0. The summed E-state index contributed by atoms with van der Waals surface area (Å²) >= 11 is 0. The summed E-state index contributed by atoms with van der Waals surface area (Å²) in [6.45, 7) is 4.63. The fourth-order valence-corrected chi connectivity index (χ4v) is 5.21. The monoisotopic (exact) mass is 477 g/mol. The maximum Gasteiger partial charge on any atom is 0.410 e. The SMILES string of the molecule is COc1cc(NC2CC(CO)NN2)nc(N(C)C2C[C@H]3CCC[C@@H](C2)N3C(=O)OCC(C)C)n1. The lowest BCUT2D eigenvalue weighted by Gasteiger charge is -2.49. The number of fused-ring (bicyclic) bond motifs is 2. The van der Waals surface area contributed by atoms with Crippen LogP contribution in [0.2, 0.25) is 0 Å². The Morgan fingerprint density at radius 2 is 2.00 bits per heavy atom. The number of anilines is 2. The van der Waals surface area contributed by atoms with Crippen LogP contribution in [0.15, 0.2) is 6.07 Å². The van der Waals surface area contributed by atoms with Gasteiger partial charge < -0.3 is 29.7 Å². The molecule has 4 heterocycles. The van der Waals surface area contributed by atoms with Crippen LogP contribution in [0.1, 0.15) is 52.4 Å². The number of piperidine rings is 2. The summed E-state index contributed by atoms with van der Waals surface area (Å²) in [4.78, 5) is 26.3. The van der Waals surface area contributed by atoms with Crippen molar-refractivity contribution in [3.8, 4) is 5.88 Å². The van der Waals surface area contributed by atoms with Crippen molar-refractivity contribution in [1.82, 2.24) is 25.7 Å². The van der Waals surface area contributed by atoms with E-state index in [0.717, 1.165) is 38.5 Å². The second-order valence-corrected chi connectivity index (χ2v) is 10.0. The van der Waals surface area contributed by atoms with E-state index in [4.69, 9.17) is 14.5 Å². The first-order valence-corrected chi connectivity index (χ1v) is 12.4. The highest BCUT2D eigenvalue weighted by molar-refractivity contribution is 5.69. The Hall–Kier alpha value is -2.37. The molecule has 5 atom stereocenters. The van der Waals surface area contributed by atoms with Crippen molar-refractivity contribution >= 4 is 17.9 Å².